The summed E-state index contributed by atoms with van der Waals surface area (Å²) >= 11 is 6.01. The van der Waals surface area contributed by atoms with E-state index >= 15 is 0 Å². The lowest BCUT2D eigenvalue weighted by atomic mass is 10.1. The molecule has 1 aliphatic heterocycles. The Morgan fingerprint density at radius 1 is 1.36 bits per heavy atom. The molecule has 1 heterocycles. The quantitative estimate of drug-likeness (QED) is 0.351. The zero-order valence-electron chi connectivity index (χ0n) is 14.4. The van der Waals surface area contributed by atoms with Crippen molar-refractivity contribution >= 4 is 35.0 Å². The number of nitro benzene ring substituents is 1. The highest BCUT2D eigenvalue weighted by molar-refractivity contribution is 6.32. The van der Waals surface area contributed by atoms with E-state index in [-0.39, 0.29) is 40.1 Å². The predicted molar refractivity (Wildman–Crippen MR) is 99.4 cm³/mol. The van der Waals surface area contributed by atoms with Gasteiger partial charge in [0.05, 0.1) is 28.7 Å². The maximum absolute atomic E-state index is 12.4. The van der Waals surface area contributed by atoms with E-state index in [1.165, 1.54) is 25.3 Å². The Morgan fingerprint density at radius 3 is 2.68 bits per heavy atom. The van der Waals surface area contributed by atoms with Crippen molar-refractivity contribution in [2.45, 2.75) is 0 Å². The van der Waals surface area contributed by atoms with Crippen LogP contribution in [0.15, 0.2) is 35.9 Å². The van der Waals surface area contributed by atoms with Crippen LogP contribution in [-0.4, -0.2) is 24.7 Å². The first-order valence-corrected chi connectivity index (χ1v) is 8.15. The molecule has 1 aliphatic rings. The average molecular weight is 402 g/mol. The number of carbonyl (C=O) groups is 1. The van der Waals surface area contributed by atoms with Crippen LogP contribution < -0.4 is 19.5 Å². The molecular weight excluding hydrogens is 390 g/mol. The van der Waals surface area contributed by atoms with Crippen LogP contribution in [-0.2, 0) is 4.79 Å². The third-order valence-corrected chi connectivity index (χ3v) is 4.09. The van der Waals surface area contributed by atoms with Gasteiger partial charge < -0.3 is 19.5 Å². The standard InChI is InChI=1S/C18H12ClN3O6/c1-26-15-3-2-12(6-13(15)19)21-18(23)11(8-20)4-10-5-16-17(28-9-27-16)7-14(10)22(24)25/h2-7H,9H2,1H3,(H,21,23)/b11-4+. The lowest BCUT2D eigenvalue weighted by molar-refractivity contribution is -0.385. The second kappa shape index (κ2) is 7.85. The Labute approximate surface area is 163 Å². The Kier molecular flexibility index (Phi) is 5.33. The second-order valence-electron chi connectivity index (χ2n) is 5.49. The zero-order valence-corrected chi connectivity index (χ0v) is 15.1. The Bertz CT molecular complexity index is 1040. The number of hydrogen-bond acceptors (Lipinski definition) is 7. The van der Waals surface area contributed by atoms with Crippen LogP contribution in [0.5, 0.6) is 17.2 Å². The van der Waals surface area contributed by atoms with Gasteiger partial charge in [0.2, 0.25) is 6.79 Å². The number of benzene rings is 2. The van der Waals surface area contributed by atoms with Crippen molar-refractivity contribution in [2.75, 3.05) is 19.2 Å². The fourth-order valence-corrected chi connectivity index (χ4v) is 2.73. The maximum Gasteiger partial charge on any atom is 0.280 e. The smallest absolute Gasteiger partial charge is 0.280 e. The summed E-state index contributed by atoms with van der Waals surface area (Å²) in [7, 11) is 1.45. The number of carbonyl (C=O) groups excluding carboxylic acids is 1. The van der Waals surface area contributed by atoms with Crippen LogP contribution in [0.25, 0.3) is 6.08 Å². The number of rotatable bonds is 5. The number of fused-ring (bicyclic) bond motifs is 1. The zero-order chi connectivity index (χ0) is 20.3. The highest BCUT2D eigenvalue weighted by Gasteiger charge is 2.23. The SMILES string of the molecule is COc1ccc(NC(=O)/C(C#N)=C/c2cc3c(cc2[N+](=O)[O-])OCO3)cc1Cl. The van der Waals surface area contributed by atoms with Crippen LogP contribution in [0.3, 0.4) is 0 Å². The molecule has 0 radical (unpaired) electrons. The third-order valence-electron chi connectivity index (χ3n) is 3.79. The fraction of sp³-hybridized carbons (Fsp3) is 0.111. The van der Waals surface area contributed by atoms with Gasteiger partial charge in [-0.2, -0.15) is 5.26 Å². The molecule has 3 rings (SSSR count). The molecule has 0 unspecified atom stereocenters. The third kappa shape index (κ3) is 3.82. The van der Waals surface area contributed by atoms with Gasteiger partial charge in [0.15, 0.2) is 11.5 Å². The molecule has 28 heavy (non-hydrogen) atoms. The predicted octanol–water partition coefficient (Wildman–Crippen LogP) is 3.53. The van der Waals surface area contributed by atoms with Gasteiger partial charge in [0.1, 0.15) is 17.4 Å². The van der Waals surface area contributed by atoms with Crippen molar-refractivity contribution in [2.24, 2.45) is 0 Å². The van der Waals surface area contributed by atoms with Crippen LogP contribution in [0.4, 0.5) is 11.4 Å². The van der Waals surface area contributed by atoms with Gasteiger partial charge in [-0.15, -0.1) is 0 Å². The Morgan fingerprint density at radius 2 is 2.07 bits per heavy atom. The molecular formula is C18H12ClN3O6. The molecule has 0 saturated heterocycles. The molecule has 0 bridgehead atoms. The molecule has 0 saturated carbocycles. The summed E-state index contributed by atoms with van der Waals surface area (Å²) in [5, 5.41) is 23.4. The van der Waals surface area contributed by atoms with Crippen molar-refractivity contribution in [3.8, 4) is 23.3 Å². The number of amides is 1. The number of halogens is 1. The van der Waals surface area contributed by atoms with Crippen molar-refractivity contribution in [1.82, 2.24) is 0 Å². The average Bonchev–Trinajstić information content (AvgIpc) is 3.12. The molecule has 142 valence electrons. The Balaban J connectivity index is 1.92. The van der Waals surface area contributed by atoms with E-state index in [9.17, 15) is 20.2 Å². The molecule has 9 nitrogen and oxygen atoms in total. The molecule has 2 aromatic carbocycles. The lowest BCUT2D eigenvalue weighted by Crippen LogP contribution is -2.13. The topological polar surface area (TPSA) is 124 Å². The van der Waals surface area contributed by atoms with E-state index in [0.717, 1.165) is 6.08 Å². The number of nitrogens with zero attached hydrogens (tertiary/aromatic N) is 2. The van der Waals surface area contributed by atoms with E-state index in [1.807, 2.05) is 0 Å². The van der Waals surface area contributed by atoms with Gasteiger partial charge in [-0.25, -0.2) is 0 Å². The van der Waals surface area contributed by atoms with Gasteiger partial charge in [0, 0.05) is 5.69 Å². The molecule has 2 aromatic rings. The van der Waals surface area contributed by atoms with Crippen molar-refractivity contribution in [3.63, 3.8) is 0 Å². The number of ether oxygens (including phenoxy) is 3. The summed E-state index contributed by atoms with van der Waals surface area (Å²) in [5.41, 5.74) is -0.294. The normalized spacial score (nSPS) is 12.2. The lowest BCUT2D eigenvalue weighted by Gasteiger charge is -2.08. The van der Waals surface area contributed by atoms with Crippen LogP contribution in [0, 0.1) is 21.4 Å². The number of methoxy groups -OCH3 is 1. The minimum Gasteiger partial charge on any atom is -0.495 e. The first-order chi connectivity index (χ1) is 13.4. The summed E-state index contributed by atoms with van der Waals surface area (Å²) in [4.78, 5) is 23.1. The largest absolute Gasteiger partial charge is 0.495 e. The van der Waals surface area contributed by atoms with E-state index < -0.39 is 10.8 Å². The molecule has 1 N–H and O–H groups in total. The number of anilines is 1. The maximum atomic E-state index is 12.4. The van der Waals surface area contributed by atoms with E-state index in [4.69, 9.17) is 25.8 Å². The number of hydrogen-bond donors (Lipinski definition) is 1. The number of nitrogens with one attached hydrogen (secondary N) is 1. The van der Waals surface area contributed by atoms with Crippen LogP contribution >= 0.6 is 11.6 Å². The van der Waals surface area contributed by atoms with E-state index in [2.05, 4.69) is 5.32 Å². The number of nitriles is 1. The number of nitro groups is 1. The van der Waals surface area contributed by atoms with Gasteiger partial charge in [-0.05, 0) is 30.3 Å². The molecule has 0 fully saturated rings. The fourth-order valence-electron chi connectivity index (χ4n) is 2.47. The first kappa shape index (κ1) is 19.0. The van der Waals surface area contributed by atoms with Crippen molar-refractivity contribution in [1.29, 1.82) is 5.26 Å². The monoisotopic (exact) mass is 401 g/mol. The summed E-state index contributed by atoms with van der Waals surface area (Å²) in [6, 6.07) is 8.81. The molecule has 1 amide bonds. The van der Waals surface area contributed by atoms with Crippen LogP contribution in [0.1, 0.15) is 5.56 Å². The second-order valence-corrected chi connectivity index (χ2v) is 5.90. The van der Waals surface area contributed by atoms with E-state index in [1.54, 1.807) is 18.2 Å². The first-order valence-electron chi connectivity index (χ1n) is 7.77. The van der Waals surface area contributed by atoms with Gasteiger partial charge in [0.25, 0.3) is 11.6 Å². The van der Waals surface area contributed by atoms with Crippen molar-refractivity contribution < 1.29 is 23.9 Å². The summed E-state index contributed by atoms with van der Waals surface area (Å²) in [6.45, 7) is -0.0660. The van der Waals surface area contributed by atoms with Gasteiger partial charge >= 0.3 is 0 Å². The minimum atomic E-state index is -0.754. The highest BCUT2D eigenvalue weighted by Crippen LogP contribution is 2.38. The highest BCUT2D eigenvalue weighted by atomic mass is 35.5. The minimum absolute atomic E-state index is 0.0358. The van der Waals surface area contributed by atoms with Crippen molar-refractivity contribution in [3.05, 3.63) is 56.6 Å². The van der Waals surface area contributed by atoms with Gasteiger partial charge in [-0.3, -0.25) is 14.9 Å². The van der Waals surface area contributed by atoms with Crippen LogP contribution in [0.2, 0.25) is 5.02 Å². The molecule has 10 heteroatoms. The summed E-state index contributed by atoms with van der Waals surface area (Å²) in [5.74, 6) is 0.179. The summed E-state index contributed by atoms with van der Waals surface area (Å²) < 4.78 is 15.3. The molecule has 0 atom stereocenters. The summed E-state index contributed by atoms with van der Waals surface area (Å²) in [6.07, 6.45) is 1.11. The van der Waals surface area contributed by atoms with Gasteiger partial charge in [-0.1, -0.05) is 11.6 Å². The molecule has 0 aliphatic carbocycles. The van der Waals surface area contributed by atoms with E-state index in [0.29, 0.717) is 11.4 Å². The molecule has 0 aromatic heterocycles. The Hall–Kier alpha value is -3.77. The molecule has 0 spiro atoms.